The van der Waals surface area contributed by atoms with E-state index in [2.05, 4.69) is 20.8 Å². The van der Waals surface area contributed by atoms with Crippen molar-refractivity contribution in [2.45, 2.75) is 35.7 Å². The van der Waals surface area contributed by atoms with Crippen LogP contribution in [-0.2, 0) is 4.74 Å². The average molecular weight is 344 g/mol. The fraction of sp³-hybridized carbons (Fsp3) is 0.545. The van der Waals surface area contributed by atoms with Crippen molar-refractivity contribution in [3.05, 3.63) is 12.7 Å². The average Bonchev–Trinajstić information content (AvgIpc) is 2.97. The van der Waals surface area contributed by atoms with Crippen molar-refractivity contribution >= 4 is 31.9 Å². The quantitative estimate of drug-likeness (QED) is 0.624. The number of anilines is 1. The number of rotatable bonds is 3. The molecule has 0 saturated carbocycles. The van der Waals surface area contributed by atoms with Gasteiger partial charge in [-0.2, -0.15) is 0 Å². The van der Waals surface area contributed by atoms with Gasteiger partial charge in [-0.15, -0.1) is 0 Å². The number of aliphatic hydroxyl groups excluding tert-OH is 2. The van der Waals surface area contributed by atoms with E-state index in [-0.39, 0.29) is 11.9 Å². The summed E-state index contributed by atoms with van der Waals surface area (Å²) >= 11 is 0.351. The van der Waals surface area contributed by atoms with Crippen LogP contribution in [0.25, 0.3) is 11.2 Å². The molecule has 4 atom stereocenters. The zero-order valence-corrected chi connectivity index (χ0v) is 12.5. The van der Waals surface area contributed by atoms with E-state index >= 15 is 0 Å². The fourth-order valence-corrected chi connectivity index (χ4v) is 3.59. The fourth-order valence-electron chi connectivity index (χ4n) is 2.32. The van der Waals surface area contributed by atoms with E-state index in [4.69, 9.17) is 10.5 Å². The van der Waals surface area contributed by atoms with Crippen molar-refractivity contribution in [3.8, 4) is 0 Å². The molecule has 3 heterocycles. The van der Waals surface area contributed by atoms with Crippen LogP contribution in [-0.4, -0.2) is 63.0 Å². The Balaban J connectivity index is 1.97. The summed E-state index contributed by atoms with van der Waals surface area (Å²) < 4.78 is 7.34. The van der Waals surface area contributed by atoms with Gasteiger partial charge in [0.2, 0.25) is 0 Å². The van der Waals surface area contributed by atoms with Gasteiger partial charge in [0.25, 0.3) is 0 Å². The van der Waals surface area contributed by atoms with Crippen LogP contribution in [0, 0.1) is 0 Å². The summed E-state index contributed by atoms with van der Waals surface area (Å²) in [5.74, 6) is 2.33. The van der Waals surface area contributed by atoms with Gasteiger partial charge in [0.1, 0.15) is 0 Å². The number of imidazole rings is 1. The summed E-state index contributed by atoms with van der Waals surface area (Å²) in [7, 11) is 0. The normalized spacial score (nSPS) is 30.1. The van der Waals surface area contributed by atoms with Crippen LogP contribution >= 0.6 is 0 Å². The molecule has 2 aromatic rings. The summed E-state index contributed by atoms with van der Waals surface area (Å²) in [6.07, 6.45) is -0.168. The number of fused-ring (bicyclic) bond motifs is 1. The van der Waals surface area contributed by atoms with Crippen molar-refractivity contribution in [1.82, 2.24) is 19.5 Å². The summed E-state index contributed by atoms with van der Waals surface area (Å²) in [5.41, 5.74) is 6.67. The molecule has 1 aliphatic rings. The molecule has 0 radical (unpaired) electrons. The second-order valence-corrected chi connectivity index (χ2v) is 6.50. The Morgan fingerprint density at radius 1 is 1.35 bits per heavy atom. The second kappa shape index (κ2) is 5.27. The predicted octanol–water partition coefficient (Wildman–Crippen LogP) is -0.802. The van der Waals surface area contributed by atoms with Gasteiger partial charge >= 0.3 is 120 Å². The maximum atomic E-state index is 10.2. The van der Waals surface area contributed by atoms with Crippen LogP contribution < -0.4 is 5.73 Å². The third-order valence-corrected chi connectivity index (χ3v) is 4.72. The van der Waals surface area contributed by atoms with Gasteiger partial charge in [-0.05, 0) is 0 Å². The van der Waals surface area contributed by atoms with Gasteiger partial charge in [-0.1, -0.05) is 0 Å². The molecule has 9 heteroatoms. The predicted molar refractivity (Wildman–Crippen MR) is 72.1 cm³/mol. The summed E-state index contributed by atoms with van der Waals surface area (Å²) in [5, 5.41) is 20.9. The van der Waals surface area contributed by atoms with Crippen LogP contribution in [0.5, 0.6) is 0 Å². The molecule has 0 amide bonds. The molecule has 1 fully saturated rings. The number of aromatic nitrogens is 4. The van der Waals surface area contributed by atoms with Gasteiger partial charge in [0.15, 0.2) is 0 Å². The van der Waals surface area contributed by atoms with E-state index in [9.17, 15) is 10.2 Å². The first-order chi connectivity index (χ1) is 9.63. The first-order valence-corrected chi connectivity index (χ1v) is 8.99. The topological polar surface area (TPSA) is 119 Å². The Kier molecular flexibility index (Phi) is 3.61. The maximum absolute atomic E-state index is 10.2. The molecule has 20 heavy (non-hydrogen) atoms. The van der Waals surface area contributed by atoms with E-state index in [0.717, 1.165) is 5.32 Å². The molecule has 0 spiro atoms. The van der Waals surface area contributed by atoms with Crippen molar-refractivity contribution in [3.63, 3.8) is 0 Å². The molecule has 8 nitrogen and oxygen atoms in total. The van der Waals surface area contributed by atoms with Gasteiger partial charge in [0, 0.05) is 0 Å². The summed E-state index contributed by atoms with van der Waals surface area (Å²) in [6.45, 7) is 0. The third kappa shape index (κ3) is 2.07. The van der Waals surface area contributed by atoms with Gasteiger partial charge in [0.05, 0.1) is 0 Å². The van der Waals surface area contributed by atoms with Crippen LogP contribution in [0.4, 0.5) is 5.82 Å². The van der Waals surface area contributed by atoms with Crippen molar-refractivity contribution in [2.24, 2.45) is 0 Å². The van der Waals surface area contributed by atoms with Crippen LogP contribution in [0.15, 0.2) is 12.7 Å². The number of hydrogen-bond donors (Lipinski definition) is 3. The Hall–Kier alpha value is -1.25. The van der Waals surface area contributed by atoms with Gasteiger partial charge in [-0.3, -0.25) is 0 Å². The van der Waals surface area contributed by atoms with E-state index in [1.54, 1.807) is 4.57 Å². The first-order valence-electron chi connectivity index (χ1n) is 6.07. The molecule has 1 unspecified atom stereocenters. The monoisotopic (exact) mass is 345 g/mol. The minimum absolute atomic E-state index is 0.273. The first kappa shape index (κ1) is 13.7. The van der Waals surface area contributed by atoms with E-state index < -0.39 is 18.4 Å². The Labute approximate surface area is 121 Å². The number of nitrogens with two attached hydrogens (primary N) is 1. The standard InChI is InChI=1S/C11H15N5O3Se/c1-20-2-5-7(17)8(18)11(19-5)16-4-15-6-9(12)13-3-14-10(6)16/h3-5,7-8,11,17-18H,2H2,1H3,(H2,12,13,14)/t5-,7-,8?,11-/m1/s1. The van der Waals surface area contributed by atoms with E-state index in [1.807, 2.05) is 0 Å². The Morgan fingerprint density at radius 2 is 2.15 bits per heavy atom. The zero-order chi connectivity index (χ0) is 14.3. The SMILES string of the molecule is C[Se]C[C@H]1O[C@@H](n2cnc3c(N)ncnc32)C(O)[C@@H]1O. The second-order valence-electron chi connectivity index (χ2n) is 4.58. The molecule has 1 aliphatic heterocycles. The molecular weight excluding hydrogens is 329 g/mol. The van der Waals surface area contributed by atoms with Crippen molar-refractivity contribution in [1.29, 1.82) is 0 Å². The van der Waals surface area contributed by atoms with E-state index in [0.29, 0.717) is 26.1 Å². The molecular formula is C11H15N5O3Se. The number of aliphatic hydroxyl groups is 2. The van der Waals surface area contributed by atoms with Gasteiger partial charge < -0.3 is 0 Å². The molecule has 0 bridgehead atoms. The molecule has 2 aromatic heterocycles. The van der Waals surface area contributed by atoms with Crippen LogP contribution in [0.1, 0.15) is 6.23 Å². The van der Waals surface area contributed by atoms with E-state index in [1.165, 1.54) is 12.7 Å². The molecule has 108 valence electrons. The molecule has 3 rings (SSSR count). The Morgan fingerprint density at radius 3 is 2.90 bits per heavy atom. The molecule has 0 aromatic carbocycles. The van der Waals surface area contributed by atoms with Crippen LogP contribution in [0.2, 0.25) is 11.1 Å². The van der Waals surface area contributed by atoms with Crippen molar-refractivity contribution < 1.29 is 14.9 Å². The Bertz CT molecular complexity index is 621. The number of nitrogens with zero attached hydrogens (tertiary/aromatic N) is 4. The van der Waals surface area contributed by atoms with Crippen molar-refractivity contribution in [2.75, 3.05) is 5.73 Å². The number of nitrogen functional groups attached to an aromatic ring is 1. The molecule has 4 N–H and O–H groups in total. The number of ether oxygens (including phenoxy) is 1. The van der Waals surface area contributed by atoms with Crippen LogP contribution in [0.3, 0.4) is 0 Å². The molecule has 0 aliphatic carbocycles. The summed E-state index contributed by atoms with van der Waals surface area (Å²) in [4.78, 5) is 12.1. The molecule has 1 saturated heterocycles. The third-order valence-electron chi connectivity index (χ3n) is 3.33. The number of hydrogen-bond acceptors (Lipinski definition) is 7. The van der Waals surface area contributed by atoms with Gasteiger partial charge in [-0.25, -0.2) is 0 Å². The zero-order valence-electron chi connectivity index (χ0n) is 10.7. The summed E-state index contributed by atoms with van der Waals surface area (Å²) in [6, 6.07) is 0. The minimum atomic E-state index is -1.02.